The highest BCUT2D eigenvalue weighted by molar-refractivity contribution is 5.72. The summed E-state index contributed by atoms with van der Waals surface area (Å²) in [6.45, 7) is 2.86. The molecule has 1 aromatic carbocycles. The second-order valence-electron chi connectivity index (χ2n) is 5.77. The highest BCUT2D eigenvalue weighted by atomic mass is 16.5. The average molecular weight is 275 g/mol. The highest BCUT2D eigenvalue weighted by Gasteiger charge is 2.31. The lowest BCUT2D eigenvalue weighted by Gasteiger charge is -2.24. The molecule has 2 aliphatic heterocycles. The van der Waals surface area contributed by atoms with Crippen LogP contribution in [0.15, 0.2) is 24.3 Å². The van der Waals surface area contributed by atoms with E-state index in [1.165, 1.54) is 11.1 Å². The number of aryl methyl sites for hydroxylation is 1. The SMILES string of the molecule is O=C(O)C1CCC(CN2CCCc3ccccc3C2)O1. The molecule has 1 saturated heterocycles. The maximum atomic E-state index is 10.9. The maximum absolute atomic E-state index is 10.9. The summed E-state index contributed by atoms with van der Waals surface area (Å²) >= 11 is 0. The van der Waals surface area contributed by atoms with Crippen LogP contribution in [0.4, 0.5) is 0 Å². The molecule has 0 bridgehead atoms. The monoisotopic (exact) mass is 275 g/mol. The molecular weight excluding hydrogens is 254 g/mol. The van der Waals surface area contributed by atoms with E-state index < -0.39 is 12.1 Å². The fraction of sp³-hybridized carbons (Fsp3) is 0.562. The number of carboxylic acids is 1. The molecule has 1 N–H and O–H groups in total. The number of ether oxygens (including phenoxy) is 1. The summed E-state index contributed by atoms with van der Waals surface area (Å²) in [5, 5.41) is 8.97. The van der Waals surface area contributed by atoms with Gasteiger partial charge in [0.15, 0.2) is 6.10 Å². The van der Waals surface area contributed by atoms with Crippen LogP contribution >= 0.6 is 0 Å². The van der Waals surface area contributed by atoms with E-state index in [0.29, 0.717) is 6.42 Å². The first-order valence-corrected chi connectivity index (χ1v) is 7.40. The van der Waals surface area contributed by atoms with E-state index in [1.54, 1.807) is 0 Å². The maximum Gasteiger partial charge on any atom is 0.332 e. The van der Waals surface area contributed by atoms with E-state index in [1.807, 2.05) is 0 Å². The lowest BCUT2D eigenvalue weighted by molar-refractivity contribution is -0.149. The summed E-state index contributed by atoms with van der Waals surface area (Å²) in [7, 11) is 0. The van der Waals surface area contributed by atoms with E-state index in [2.05, 4.69) is 29.2 Å². The van der Waals surface area contributed by atoms with Crippen LogP contribution in [0, 0.1) is 0 Å². The quantitative estimate of drug-likeness (QED) is 0.917. The van der Waals surface area contributed by atoms with Crippen LogP contribution in [0.1, 0.15) is 30.4 Å². The molecule has 3 rings (SSSR count). The molecule has 0 amide bonds. The molecule has 4 heteroatoms. The van der Waals surface area contributed by atoms with Crippen molar-refractivity contribution in [1.29, 1.82) is 0 Å². The zero-order valence-corrected chi connectivity index (χ0v) is 11.6. The molecule has 2 atom stereocenters. The van der Waals surface area contributed by atoms with Gasteiger partial charge in [0, 0.05) is 13.1 Å². The van der Waals surface area contributed by atoms with E-state index in [0.717, 1.165) is 38.9 Å². The zero-order chi connectivity index (χ0) is 13.9. The summed E-state index contributed by atoms with van der Waals surface area (Å²) in [6, 6.07) is 8.61. The van der Waals surface area contributed by atoms with Gasteiger partial charge in [-0.2, -0.15) is 0 Å². The Kier molecular flexibility index (Phi) is 4.03. The molecule has 108 valence electrons. The van der Waals surface area contributed by atoms with E-state index >= 15 is 0 Å². The van der Waals surface area contributed by atoms with Crippen molar-refractivity contribution >= 4 is 5.97 Å². The molecule has 2 unspecified atom stereocenters. The van der Waals surface area contributed by atoms with Gasteiger partial charge in [0.25, 0.3) is 0 Å². The van der Waals surface area contributed by atoms with Gasteiger partial charge in [-0.15, -0.1) is 0 Å². The summed E-state index contributed by atoms with van der Waals surface area (Å²) in [5.41, 5.74) is 2.85. The van der Waals surface area contributed by atoms with Crippen molar-refractivity contribution in [1.82, 2.24) is 4.90 Å². The van der Waals surface area contributed by atoms with Crippen LogP contribution in [-0.4, -0.2) is 41.3 Å². The molecule has 4 nitrogen and oxygen atoms in total. The predicted octanol–water partition coefficient (Wildman–Crippen LogP) is 2.07. The Morgan fingerprint density at radius 3 is 2.85 bits per heavy atom. The minimum absolute atomic E-state index is 0.0707. The standard InChI is InChI=1S/C16H21NO3/c18-16(19)15-8-7-14(20-15)11-17-9-3-6-12-4-1-2-5-13(12)10-17/h1-2,4-5,14-15H,3,6-11H2,(H,18,19). The molecule has 1 aromatic rings. The Hall–Kier alpha value is -1.39. The molecule has 0 saturated carbocycles. The van der Waals surface area contributed by atoms with Crippen molar-refractivity contribution in [2.24, 2.45) is 0 Å². The first-order valence-electron chi connectivity index (χ1n) is 7.40. The number of hydrogen-bond acceptors (Lipinski definition) is 3. The van der Waals surface area contributed by atoms with Crippen molar-refractivity contribution in [3.05, 3.63) is 35.4 Å². The summed E-state index contributed by atoms with van der Waals surface area (Å²) < 4.78 is 5.61. The normalized spacial score (nSPS) is 27.0. The molecule has 0 aromatic heterocycles. The van der Waals surface area contributed by atoms with Gasteiger partial charge >= 0.3 is 5.97 Å². The second-order valence-corrected chi connectivity index (χ2v) is 5.77. The molecule has 0 radical (unpaired) electrons. The fourth-order valence-corrected chi connectivity index (χ4v) is 3.23. The first-order chi connectivity index (χ1) is 9.72. The minimum atomic E-state index is -0.825. The summed E-state index contributed by atoms with van der Waals surface area (Å²) in [5.74, 6) is -0.825. The third-order valence-corrected chi connectivity index (χ3v) is 4.28. The van der Waals surface area contributed by atoms with Gasteiger partial charge in [-0.05, 0) is 43.4 Å². The van der Waals surface area contributed by atoms with Gasteiger partial charge < -0.3 is 9.84 Å². The third kappa shape index (κ3) is 3.02. The largest absolute Gasteiger partial charge is 0.479 e. The van der Waals surface area contributed by atoms with Gasteiger partial charge in [0.05, 0.1) is 6.10 Å². The van der Waals surface area contributed by atoms with Gasteiger partial charge in [-0.1, -0.05) is 24.3 Å². The number of carboxylic acid groups (broad SMARTS) is 1. The number of aliphatic carboxylic acids is 1. The fourth-order valence-electron chi connectivity index (χ4n) is 3.23. The lowest BCUT2D eigenvalue weighted by Crippen LogP contribution is -2.33. The van der Waals surface area contributed by atoms with Crippen molar-refractivity contribution in [3.63, 3.8) is 0 Å². The predicted molar refractivity (Wildman–Crippen MR) is 75.6 cm³/mol. The van der Waals surface area contributed by atoms with Crippen LogP contribution in [0.2, 0.25) is 0 Å². The molecule has 0 aliphatic carbocycles. The zero-order valence-electron chi connectivity index (χ0n) is 11.6. The Labute approximate surface area is 119 Å². The Balaban J connectivity index is 1.60. The smallest absolute Gasteiger partial charge is 0.332 e. The molecule has 1 fully saturated rings. The number of hydrogen-bond donors (Lipinski definition) is 1. The van der Waals surface area contributed by atoms with Crippen LogP contribution < -0.4 is 0 Å². The Bertz CT molecular complexity index is 488. The molecule has 2 heterocycles. The molecule has 2 aliphatic rings. The topological polar surface area (TPSA) is 49.8 Å². The summed E-state index contributed by atoms with van der Waals surface area (Å²) in [6.07, 6.45) is 3.27. The average Bonchev–Trinajstić information content (AvgIpc) is 2.80. The molecule has 20 heavy (non-hydrogen) atoms. The number of benzene rings is 1. The molecule has 0 spiro atoms. The molecular formula is C16H21NO3. The number of carbonyl (C=O) groups is 1. The van der Waals surface area contributed by atoms with Gasteiger partial charge in [-0.3, -0.25) is 4.90 Å². The van der Waals surface area contributed by atoms with E-state index in [4.69, 9.17) is 9.84 Å². The Morgan fingerprint density at radius 2 is 2.10 bits per heavy atom. The third-order valence-electron chi connectivity index (χ3n) is 4.28. The lowest BCUT2D eigenvalue weighted by atomic mass is 10.0. The number of rotatable bonds is 3. The van der Waals surface area contributed by atoms with Crippen molar-refractivity contribution < 1.29 is 14.6 Å². The van der Waals surface area contributed by atoms with Crippen LogP contribution in [0.5, 0.6) is 0 Å². The van der Waals surface area contributed by atoms with Gasteiger partial charge in [0.1, 0.15) is 0 Å². The van der Waals surface area contributed by atoms with Gasteiger partial charge in [-0.25, -0.2) is 4.79 Å². The summed E-state index contributed by atoms with van der Waals surface area (Å²) in [4.78, 5) is 13.3. The van der Waals surface area contributed by atoms with Crippen LogP contribution in [0.25, 0.3) is 0 Å². The van der Waals surface area contributed by atoms with Crippen LogP contribution in [0.3, 0.4) is 0 Å². The van der Waals surface area contributed by atoms with E-state index in [9.17, 15) is 4.79 Å². The minimum Gasteiger partial charge on any atom is -0.479 e. The van der Waals surface area contributed by atoms with Crippen molar-refractivity contribution in [2.45, 2.75) is 44.4 Å². The second kappa shape index (κ2) is 5.94. The highest BCUT2D eigenvalue weighted by Crippen LogP contribution is 2.23. The van der Waals surface area contributed by atoms with Crippen LogP contribution in [-0.2, 0) is 22.5 Å². The van der Waals surface area contributed by atoms with Crippen molar-refractivity contribution in [2.75, 3.05) is 13.1 Å². The van der Waals surface area contributed by atoms with Gasteiger partial charge in [0.2, 0.25) is 0 Å². The first kappa shape index (κ1) is 13.6. The number of nitrogens with zero attached hydrogens (tertiary/aromatic N) is 1. The van der Waals surface area contributed by atoms with E-state index in [-0.39, 0.29) is 6.10 Å². The number of fused-ring (bicyclic) bond motifs is 1. The Morgan fingerprint density at radius 1 is 1.30 bits per heavy atom. The van der Waals surface area contributed by atoms with Crippen molar-refractivity contribution in [3.8, 4) is 0 Å².